The Morgan fingerprint density at radius 1 is 1.53 bits per heavy atom. The van der Waals surface area contributed by atoms with Crippen molar-refractivity contribution in [1.82, 2.24) is 9.97 Å². The second-order valence-electron chi connectivity index (χ2n) is 3.76. The summed E-state index contributed by atoms with van der Waals surface area (Å²) in [6.45, 7) is 0. The number of imidazole rings is 1. The summed E-state index contributed by atoms with van der Waals surface area (Å²) in [6.07, 6.45) is 0.00593. The number of methoxy groups -OCH3 is 1. The van der Waals surface area contributed by atoms with E-state index in [1.165, 1.54) is 19.5 Å². The topological polar surface area (TPSA) is 95.4 Å². The number of nitrogens with zero attached hydrogens (tertiary/aromatic N) is 1. The van der Waals surface area contributed by atoms with Crippen LogP contribution in [0.5, 0.6) is 5.75 Å². The molecule has 7 heteroatoms. The number of nitrogens with one attached hydrogen (secondary N) is 1. The summed E-state index contributed by atoms with van der Waals surface area (Å²) in [7, 11) is 1.50. The minimum atomic E-state index is -1.22. The minimum Gasteiger partial charge on any atom is -0.497 e. The molecular weight excluding hydrogens is 272 g/mol. The Morgan fingerprint density at radius 2 is 2.26 bits per heavy atom. The molecule has 0 aliphatic carbocycles. The van der Waals surface area contributed by atoms with Crippen molar-refractivity contribution in [3.05, 3.63) is 46.5 Å². The van der Waals surface area contributed by atoms with Crippen molar-refractivity contribution in [3.8, 4) is 5.75 Å². The Bertz CT molecular complexity index is 612. The summed E-state index contributed by atoms with van der Waals surface area (Å²) in [6, 6.07) is 4.73. The number of aromatic carboxylic acids is 1. The van der Waals surface area contributed by atoms with Crippen LogP contribution in [0, 0.1) is 0 Å². The Labute approximate surface area is 113 Å². The molecule has 1 heterocycles. The first-order valence-corrected chi connectivity index (χ1v) is 5.70. The van der Waals surface area contributed by atoms with Crippen molar-refractivity contribution in [2.24, 2.45) is 0 Å². The molecule has 0 fully saturated rings. The number of rotatable bonds is 4. The van der Waals surface area contributed by atoms with Crippen molar-refractivity contribution >= 4 is 17.6 Å². The van der Waals surface area contributed by atoms with Gasteiger partial charge in [-0.3, -0.25) is 0 Å². The van der Waals surface area contributed by atoms with Crippen molar-refractivity contribution < 1.29 is 19.7 Å². The van der Waals surface area contributed by atoms with E-state index in [0.29, 0.717) is 11.3 Å². The molecule has 0 spiro atoms. The predicted molar refractivity (Wildman–Crippen MR) is 67.6 cm³/mol. The van der Waals surface area contributed by atoms with Gasteiger partial charge in [-0.1, -0.05) is 17.7 Å². The van der Waals surface area contributed by atoms with Crippen LogP contribution < -0.4 is 4.74 Å². The van der Waals surface area contributed by atoms with E-state index in [-0.39, 0.29) is 16.4 Å². The third-order valence-electron chi connectivity index (χ3n) is 2.65. The lowest BCUT2D eigenvalue weighted by molar-refractivity contribution is 0.0685. The molecule has 19 heavy (non-hydrogen) atoms. The van der Waals surface area contributed by atoms with Crippen molar-refractivity contribution in [2.75, 3.05) is 7.11 Å². The minimum absolute atomic E-state index is 0.0829. The van der Waals surface area contributed by atoms with Gasteiger partial charge in [-0.05, 0) is 12.1 Å². The van der Waals surface area contributed by atoms with Crippen LogP contribution in [0.1, 0.15) is 27.8 Å². The number of aliphatic hydroxyl groups is 1. The normalized spacial score (nSPS) is 12.2. The SMILES string of the molecule is COc1ccc(C(O)c2[nH]cnc2C(=O)O)c(Cl)c1. The molecule has 0 saturated carbocycles. The summed E-state index contributed by atoms with van der Waals surface area (Å²) in [5.74, 6) is -0.677. The molecule has 0 saturated heterocycles. The smallest absolute Gasteiger partial charge is 0.356 e. The number of ether oxygens (including phenoxy) is 1. The first kappa shape index (κ1) is 13.4. The highest BCUT2D eigenvalue weighted by Gasteiger charge is 2.23. The quantitative estimate of drug-likeness (QED) is 0.795. The fourth-order valence-corrected chi connectivity index (χ4v) is 1.97. The Kier molecular flexibility index (Phi) is 3.73. The average molecular weight is 283 g/mol. The summed E-state index contributed by atoms with van der Waals surface area (Å²) in [5, 5.41) is 19.4. The van der Waals surface area contributed by atoms with Gasteiger partial charge < -0.3 is 19.9 Å². The zero-order valence-electron chi connectivity index (χ0n) is 9.92. The van der Waals surface area contributed by atoms with Gasteiger partial charge in [0.25, 0.3) is 0 Å². The van der Waals surface area contributed by atoms with Crippen LogP contribution >= 0.6 is 11.6 Å². The van der Waals surface area contributed by atoms with Gasteiger partial charge in [-0.2, -0.15) is 0 Å². The highest BCUT2D eigenvalue weighted by molar-refractivity contribution is 6.31. The van der Waals surface area contributed by atoms with Gasteiger partial charge in [0.05, 0.1) is 24.2 Å². The lowest BCUT2D eigenvalue weighted by atomic mass is 10.0. The molecule has 2 aromatic rings. The number of carbonyl (C=O) groups is 1. The van der Waals surface area contributed by atoms with Crippen LogP contribution in [-0.2, 0) is 0 Å². The van der Waals surface area contributed by atoms with E-state index in [4.69, 9.17) is 21.4 Å². The van der Waals surface area contributed by atoms with Gasteiger partial charge >= 0.3 is 5.97 Å². The third-order valence-corrected chi connectivity index (χ3v) is 2.97. The lowest BCUT2D eigenvalue weighted by Crippen LogP contribution is -2.08. The number of benzene rings is 1. The van der Waals surface area contributed by atoms with E-state index in [1.54, 1.807) is 12.1 Å². The average Bonchev–Trinajstić information content (AvgIpc) is 2.87. The molecule has 0 bridgehead atoms. The van der Waals surface area contributed by atoms with E-state index in [2.05, 4.69) is 9.97 Å². The number of carboxylic acid groups (broad SMARTS) is 1. The predicted octanol–water partition coefficient (Wildman–Crippen LogP) is 1.85. The van der Waals surface area contributed by atoms with Crippen LogP contribution in [0.25, 0.3) is 0 Å². The monoisotopic (exact) mass is 282 g/mol. The van der Waals surface area contributed by atoms with Crippen LogP contribution in [-0.4, -0.2) is 33.3 Å². The van der Waals surface area contributed by atoms with Gasteiger partial charge in [0.1, 0.15) is 11.9 Å². The molecule has 0 aliphatic rings. The number of aliphatic hydroxyl groups excluding tert-OH is 1. The van der Waals surface area contributed by atoms with Gasteiger partial charge in [0, 0.05) is 5.56 Å². The second kappa shape index (κ2) is 5.29. The Hall–Kier alpha value is -2.05. The molecule has 1 atom stereocenters. The molecular formula is C12H11ClN2O4. The lowest BCUT2D eigenvalue weighted by Gasteiger charge is -2.12. The number of halogens is 1. The highest BCUT2D eigenvalue weighted by atomic mass is 35.5. The molecule has 2 rings (SSSR count). The van der Waals surface area contributed by atoms with E-state index < -0.39 is 12.1 Å². The highest BCUT2D eigenvalue weighted by Crippen LogP contribution is 2.31. The van der Waals surface area contributed by atoms with E-state index in [9.17, 15) is 9.90 Å². The standard InChI is InChI=1S/C12H11ClN2O4/c1-19-6-2-3-7(8(13)4-6)11(16)9-10(12(17)18)15-5-14-9/h2-5,11,16H,1H3,(H,14,15)(H,17,18). The van der Waals surface area contributed by atoms with Crippen LogP contribution in [0.3, 0.4) is 0 Å². The molecule has 3 N–H and O–H groups in total. The molecule has 0 radical (unpaired) electrons. The first-order chi connectivity index (χ1) is 9.04. The number of aromatic amines is 1. The molecule has 0 amide bonds. The first-order valence-electron chi connectivity index (χ1n) is 5.32. The molecule has 100 valence electrons. The summed E-state index contributed by atoms with van der Waals surface area (Å²) in [5.41, 5.74) is 0.216. The van der Waals surface area contributed by atoms with Crippen molar-refractivity contribution in [3.63, 3.8) is 0 Å². The molecule has 6 nitrogen and oxygen atoms in total. The van der Waals surface area contributed by atoms with E-state index >= 15 is 0 Å². The summed E-state index contributed by atoms with van der Waals surface area (Å²) >= 11 is 6.03. The number of hydrogen-bond donors (Lipinski definition) is 3. The van der Waals surface area contributed by atoms with Gasteiger partial charge in [-0.15, -0.1) is 0 Å². The van der Waals surface area contributed by atoms with Crippen molar-refractivity contribution in [2.45, 2.75) is 6.10 Å². The Morgan fingerprint density at radius 3 is 2.84 bits per heavy atom. The number of H-pyrrole nitrogens is 1. The van der Waals surface area contributed by atoms with Gasteiger partial charge in [-0.25, -0.2) is 9.78 Å². The van der Waals surface area contributed by atoms with Crippen LogP contribution in [0.2, 0.25) is 5.02 Å². The molecule has 1 unspecified atom stereocenters. The van der Waals surface area contributed by atoms with Crippen molar-refractivity contribution in [1.29, 1.82) is 0 Å². The maximum absolute atomic E-state index is 11.0. The maximum Gasteiger partial charge on any atom is 0.356 e. The fraction of sp³-hybridized carbons (Fsp3) is 0.167. The second-order valence-corrected chi connectivity index (χ2v) is 4.17. The molecule has 1 aromatic carbocycles. The van der Waals surface area contributed by atoms with Crippen LogP contribution in [0.4, 0.5) is 0 Å². The van der Waals surface area contributed by atoms with E-state index in [0.717, 1.165) is 0 Å². The maximum atomic E-state index is 11.0. The van der Waals surface area contributed by atoms with Crippen LogP contribution in [0.15, 0.2) is 24.5 Å². The van der Waals surface area contributed by atoms with Gasteiger partial charge in [0.15, 0.2) is 5.69 Å². The summed E-state index contributed by atoms with van der Waals surface area (Å²) in [4.78, 5) is 17.2. The number of hydrogen-bond acceptors (Lipinski definition) is 4. The summed E-state index contributed by atoms with van der Waals surface area (Å²) < 4.78 is 5.00. The third kappa shape index (κ3) is 2.54. The largest absolute Gasteiger partial charge is 0.497 e. The Balaban J connectivity index is 2.41. The van der Waals surface area contributed by atoms with E-state index in [1.807, 2.05) is 0 Å². The zero-order chi connectivity index (χ0) is 14.0. The number of carboxylic acids is 1. The number of aromatic nitrogens is 2. The molecule has 1 aromatic heterocycles. The molecule has 0 aliphatic heterocycles. The zero-order valence-corrected chi connectivity index (χ0v) is 10.7. The van der Waals surface area contributed by atoms with Gasteiger partial charge in [0.2, 0.25) is 0 Å². The fourth-order valence-electron chi connectivity index (χ4n) is 1.70.